The largest absolute Gasteiger partial charge is 0.492 e. The second kappa shape index (κ2) is 12.5. The molecule has 238 valence electrons. The van der Waals surface area contributed by atoms with Gasteiger partial charge in [0, 0.05) is 47.1 Å². The third kappa shape index (κ3) is 6.79. The summed E-state index contributed by atoms with van der Waals surface area (Å²) in [4.78, 5) is 28.8. The van der Waals surface area contributed by atoms with Gasteiger partial charge < -0.3 is 29.7 Å². The number of aromatic nitrogens is 1. The molecule has 0 unspecified atom stereocenters. The number of carbonyl (C=O) groups excluding carboxylic acids is 1. The van der Waals surface area contributed by atoms with Crippen molar-refractivity contribution in [3.63, 3.8) is 0 Å². The fourth-order valence-electron chi connectivity index (χ4n) is 6.27. The molecule has 1 atom stereocenters. The molecule has 3 aromatic rings. The lowest BCUT2D eigenvalue weighted by Crippen LogP contribution is -2.48. The Balaban J connectivity index is 0.000000493. The zero-order valence-electron chi connectivity index (χ0n) is 23.5. The van der Waals surface area contributed by atoms with E-state index in [1.165, 1.54) is 17.7 Å². The van der Waals surface area contributed by atoms with Gasteiger partial charge in [-0.25, -0.2) is 13.6 Å². The molecule has 0 bridgehead atoms. The van der Waals surface area contributed by atoms with Gasteiger partial charge in [0.2, 0.25) is 0 Å². The second-order valence-corrected chi connectivity index (χ2v) is 12.0. The number of amides is 1. The number of carbonyl (C=O) groups is 2. The summed E-state index contributed by atoms with van der Waals surface area (Å²) in [5.41, 5.74) is 1.80. The molecule has 0 radical (unpaired) electrons. The topological polar surface area (TPSA) is 106 Å². The van der Waals surface area contributed by atoms with E-state index < -0.39 is 29.9 Å². The number of H-pyrrole nitrogens is 1. The number of ether oxygens (including phenoxy) is 1. The molecule has 3 aliphatic heterocycles. The zero-order valence-corrected chi connectivity index (χ0v) is 24.2. The molecule has 1 aromatic heterocycles. The maximum Gasteiger partial charge on any atom is 0.490 e. The molecular weight excluding hydrogens is 613 g/mol. The van der Waals surface area contributed by atoms with E-state index in [-0.39, 0.29) is 33.8 Å². The van der Waals surface area contributed by atoms with Gasteiger partial charge in [0.15, 0.2) is 0 Å². The van der Waals surface area contributed by atoms with Gasteiger partial charge in [-0.1, -0.05) is 17.7 Å². The number of alkyl halides is 3. The summed E-state index contributed by atoms with van der Waals surface area (Å²) in [6.07, 6.45) is -2.17. The summed E-state index contributed by atoms with van der Waals surface area (Å²) >= 11 is 6.12. The number of fused-ring (bicyclic) bond motifs is 3. The van der Waals surface area contributed by atoms with Crippen LogP contribution in [-0.2, 0) is 10.2 Å². The smallest absolute Gasteiger partial charge is 0.490 e. The number of nitrogens with one attached hydrogen (secondary N) is 1. The van der Waals surface area contributed by atoms with E-state index in [4.69, 9.17) is 26.2 Å². The minimum Gasteiger partial charge on any atom is -0.492 e. The number of nitrogens with zero attached hydrogens (tertiary/aromatic N) is 2. The van der Waals surface area contributed by atoms with Crippen molar-refractivity contribution in [1.29, 1.82) is 0 Å². The van der Waals surface area contributed by atoms with Crippen molar-refractivity contribution in [3.05, 3.63) is 64.3 Å². The lowest BCUT2D eigenvalue weighted by Gasteiger charge is -2.41. The fourth-order valence-corrected chi connectivity index (χ4v) is 6.43. The maximum atomic E-state index is 14.0. The summed E-state index contributed by atoms with van der Waals surface area (Å²) < 4.78 is 65.2. The van der Waals surface area contributed by atoms with Crippen LogP contribution in [-0.4, -0.2) is 88.5 Å². The first kappa shape index (κ1) is 32.0. The Bertz CT molecular complexity index is 1530. The van der Waals surface area contributed by atoms with Crippen molar-refractivity contribution >= 4 is 34.4 Å². The molecule has 4 heterocycles. The highest BCUT2D eigenvalue weighted by Gasteiger charge is 2.43. The molecule has 3 aliphatic rings. The molecule has 1 amide bonds. The van der Waals surface area contributed by atoms with Crippen molar-refractivity contribution in [2.24, 2.45) is 5.92 Å². The predicted molar refractivity (Wildman–Crippen MR) is 151 cm³/mol. The van der Waals surface area contributed by atoms with Gasteiger partial charge in [0.1, 0.15) is 23.1 Å². The molecule has 2 aromatic carbocycles. The van der Waals surface area contributed by atoms with Crippen LogP contribution in [0.25, 0.3) is 10.9 Å². The number of aliphatic carboxylic acids is 1. The molecule has 3 N–H and O–H groups in total. The third-order valence-electron chi connectivity index (χ3n) is 8.77. The van der Waals surface area contributed by atoms with Crippen LogP contribution >= 0.6 is 11.6 Å². The molecule has 14 heteroatoms. The third-order valence-corrected chi connectivity index (χ3v) is 9.01. The number of aromatic amines is 1. The molecule has 0 saturated carbocycles. The number of piperidine rings is 2. The van der Waals surface area contributed by atoms with Crippen molar-refractivity contribution in [1.82, 2.24) is 14.8 Å². The normalized spacial score (nSPS) is 19.3. The van der Waals surface area contributed by atoms with E-state index in [0.717, 1.165) is 37.7 Å². The number of likely N-dealkylation sites (tertiary alicyclic amines) is 2. The lowest BCUT2D eigenvalue weighted by atomic mass is 9.74. The first-order valence-electron chi connectivity index (χ1n) is 14.2. The maximum absolute atomic E-state index is 14.0. The molecule has 0 aliphatic carbocycles. The molecule has 44 heavy (non-hydrogen) atoms. The van der Waals surface area contributed by atoms with Gasteiger partial charge in [0.05, 0.1) is 18.2 Å². The molecule has 1 spiro atoms. The lowest BCUT2D eigenvalue weighted by molar-refractivity contribution is -0.192. The number of rotatable bonds is 4. The van der Waals surface area contributed by atoms with E-state index in [1.807, 2.05) is 12.1 Å². The monoisotopic (exact) mass is 643 g/mol. The Morgan fingerprint density at radius 1 is 1.07 bits per heavy atom. The summed E-state index contributed by atoms with van der Waals surface area (Å²) in [5.74, 6) is -3.35. The Labute approximate surface area is 254 Å². The number of hydrogen-bond donors (Lipinski definition) is 3. The van der Waals surface area contributed by atoms with Crippen LogP contribution in [0.1, 0.15) is 41.7 Å². The van der Waals surface area contributed by atoms with Gasteiger partial charge >= 0.3 is 12.1 Å². The Hall–Kier alpha value is -3.42. The van der Waals surface area contributed by atoms with Crippen LogP contribution in [0.4, 0.5) is 22.0 Å². The summed E-state index contributed by atoms with van der Waals surface area (Å²) in [5, 5.41) is 19.0. The number of benzene rings is 2. The summed E-state index contributed by atoms with van der Waals surface area (Å²) in [6, 6.07) is 9.37. The van der Waals surface area contributed by atoms with Crippen LogP contribution in [0.2, 0.25) is 5.02 Å². The number of halogens is 6. The standard InChI is InChI=1S/C28H30ClF2N3O3.C2HF3O2/c29-18-1-2-21-26(11-18)37-16-28(21)5-9-33(10-6-28)15-25(35)17-3-7-34(8-4-17)27(36)24-14-20-22(31)12-19(30)13-23(20)32-24;3-2(4,5)1(6)7/h1-2,11-14,17,25,32,35H,3-10,15-16H2;(H,6,7)/t25-;/m1./s1. The van der Waals surface area contributed by atoms with Gasteiger partial charge in [-0.2, -0.15) is 13.2 Å². The van der Waals surface area contributed by atoms with E-state index in [1.54, 1.807) is 4.90 Å². The predicted octanol–water partition coefficient (Wildman–Crippen LogP) is 5.37. The average molecular weight is 644 g/mol. The highest BCUT2D eigenvalue weighted by Crippen LogP contribution is 2.46. The Kier molecular flexibility index (Phi) is 9.11. The second-order valence-electron chi connectivity index (χ2n) is 11.5. The van der Waals surface area contributed by atoms with Gasteiger partial charge in [-0.15, -0.1) is 0 Å². The summed E-state index contributed by atoms with van der Waals surface area (Å²) in [7, 11) is 0. The SMILES string of the molecule is O=C(O)C(F)(F)F.O=C(c1cc2c(F)cc(F)cc2[nH]1)N1CCC([C@H](O)CN2CCC3(CC2)COc2cc(Cl)ccc23)CC1. The highest BCUT2D eigenvalue weighted by atomic mass is 35.5. The van der Waals surface area contributed by atoms with E-state index in [2.05, 4.69) is 16.0 Å². The number of aliphatic hydroxyl groups is 1. The molecule has 2 fully saturated rings. The quantitative estimate of drug-likeness (QED) is 0.330. The number of β-amino-alcohol motifs (C(OH)–C–C–N with tert-alkyl or cyclic N) is 1. The number of hydrogen-bond acceptors (Lipinski definition) is 5. The average Bonchev–Trinajstić information content (AvgIpc) is 3.55. The van der Waals surface area contributed by atoms with Crippen LogP contribution in [0.15, 0.2) is 36.4 Å². The first-order valence-corrected chi connectivity index (χ1v) is 14.5. The first-order chi connectivity index (χ1) is 20.8. The van der Waals surface area contributed by atoms with Crippen molar-refractivity contribution in [3.8, 4) is 5.75 Å². The minimum absolute atomic E-state index is 0.0321. The van der Waals surface area contributed by atoms with Crippen molar-refractivity contribution in [2.75, 3.05) is 39.3 Å². The van der Waals surface area contributed by atoms with Gasteiger partial charge in [0.25, 0.3) is 5.91 Å². The number of carboxylic acid groups (broad SMARTS) is 1. The summed E-state index contributed by atoms with van der Waals surface area (Å²) in [6.45, 7) is 4.15. The molecule has 6 rings (SSSR count). The van der Waals surface area contributed by atoms with E-state index >= 15 is 0 Å². The zero-order chi connectivity index (χ0) is 31.8. The van der Waals surface area contributed by atoms with Crippen LogP contribution in [0, 0.1) is 17.6 Å². The Morgan fingerprint density at radius 2 is 1.73 bits per heavy atom. The van der Waals surface area contributed by atoms with Crippen LogP contribution < -0.4 is 4.74 Å². The number of carboxylic acids is 1. The number of aliphatic hydroxyl groups excluding tert-OH is 1. The van der Waals surface area contributed by atoms with Gasteiger partial charge in [-0.05, 0) is 69.0 Å². The van der Waals surface area contributed by atoms with Crippen LogP contribution in [0.5, 0.6) is 5.75 Å². The van der Waals surface area contributed by atoms with Crippen LogP contribution in [0.3, 0.4) is 0 Å². The van der Waals surface area contributed by atoms with Crippen molar-refractivity contribution < 1.29 is 46.5 Å². The van der Waals surface area contributed by atoms with E-state index in [0.29, 0.717) is 44.1 Å². The van der Waals surface area contributed by atoms with Crippen molar-refractivity contribution in [2.45, 2.75) is 43.4 Å². The molecular formula is C30H31ClF5N3O5. The minimum atomic E-state index is -5.08. The Morgan fingerprint density at radius 3 is 2.36 bits per heavy atom. The molecule has 2 saturated heterocycles. The molecule has 8 nitrogen and oxygen atoms in total. The van der Waals surface area contributed by atoms with E-state index in [9.17, 15) is 31.9 Å². The highest BCUT2D eigenvalue weighted by molar-refractivity contribution is 6.30. The fraction of sp³-hybridized carbons (Fsp3) is 0.467. The van der Waals surface area contributed by atoms with Gasteiger partial charge in [-0.3, -0.25) is 4.79 Å².